The van der Waals surface area contributed by atoms with E-state index in [1.54, 1.807) is 7.11 Å². The summed E-state index contributed by atoms with van der Waals surface area (Å²) in [6.45, 7) is 5.77. The number of likely N-dealkylation sites (tertiary alicyclic amines) is 1. The van der Waals surface area contributed by atoms with Crippen molar-refractivity contribution in [1.82, 2.24) is 10.2 Å². The second-order valence-corrected chi connectivity index (χ2v) is 5.85. The number of hydrogen-bond acceptors (Lipinski definition) is 3. The van der Waals surface area contributed by atoms with Crippen LogP contribution in [0.1, 0.15) is 26.2 Å². The van der Waals surface area contributed by atoms with Crippen LogP contribution >= 0.6 is 12.2 Å². The van der Waals surface area contributed by atoms with Gasteiger partial charge in [0, 0.05) is 24.8 Å². The molecule has 0 saturated carbocycles. The number of piperidine rings is 1. The van der Waals surface area contributed by atoms with Crippen LogP contribution in [-0.2, 0) is 0 Å². The Morgan fingerprint density at radius 1 is 1.29 bits per heavy atom. The topological polar surface area (TPSA) is 36.5 Å². The molecule has 116 valence electrons. The van der Waals surface area contributed by atoms with Gasteiger partial charge in [-0.1, -0.05) is 6.92 Å². The van der Waals surface area contributed by atoms with Gasteiger partial charge in [-0.25, -0.2) is 0 Å². The van der Waals surface area contributed by atoms with Crippen LogP contribution in [0.25, 0.3) is 0 Å². The smallest absolute Gasteiger partial charge is 0.170 e. The Labute approximate surface area is 132 Å². The van der Waals surface area contributed by atoms with Gasteiger partial charge < -0.3 is 20.3 Å². The van der Waals surface area contributed by atoms with E-state index in [9.17, 15) is 0 Å². The fourth-order valence-electron chi connectivity index (χ4n) is 2.64. The van der Waals surface area contributed by atoms with Gasteiger partial charge >= 0.3 is 0 Å². The Balaban J connectivity index is 1.74. The fourth-order valence-corrected chi connectivity index (χ4v) is 2.93. The molecular weight excluding hydrogens is 282 g/mol. The quantitative estimate of drug-likeness (QED) is 0.818. The van der Waals surface area contributed by atoms with Crippen LogP contribution in [-0.4, -0.2) is 42.8 Å². The van der Waals surface area contributed by atoms with Crippen molar-refractivity contribution in [3.05, 3.63) is 24.3 Å². The van der Waals surface area contributed by atoms with Crippen LogP contribution in [0.4, 0.5) is 5.69 Å². The Bertz CT molecular complexity index is 441. The Kier molecular flexibility index (Phi) is 6.26. The van der Waals surface area contributed by atoms with Crippen molar-refractivity contribution in [2.45, 2.75) is 32.2 Å². The molecule has 21 heavy (non-hydrogen) atoms. The molecule has 4 nitrogen and oxygen atoms in total. The summed E-state index contributed by atoms with van der Waals surface area (Å²) in [4.78, 5) is 2.53. The number of rotatable bonds is 5. The third-order valence-corrected chi connectivity index (χ3v) is 4.03. The largest absolute Gasteiger partial charge is 0.497 e. The molecule has 5 heteroatoms. The normalized spacial score (nSPS) is 16.5. The van der Waals surface area contributed by atoms with Crippen molar-refractivity contribution in [3.63, 3.8) is 0 Å². The minimum atomic E-state index is 0.483. The van der Waals surface area contributed by atoms with E-state index in [0.717, 1.165) is 37.4 Å². The molecular formula is C16H25N3OS. The summed E-state index contributed by atoms with van der Waals surface area (Å²) in [6, 6.07) is 8.27. The number of benzene rings is 1. The zero-order valence-electron chi connectivity index (χ0n) is 12.9. The summed E-state index contributed by atoms with van der Waals surface area (Å²) in [5.41, 5.74) is 0.983. The van der Waals surface area contributed by atoms with E-state index in [1.165, 1.54) is 13.0 Å². The van der Waals surface area contributed by atoms with Gasteiger partial charge in [0.25, 0.3) is 0 Å². The standard InChI is InChI=1S/C16H25N3OS/c1-3-10-19-11-8-14(9-12-19)18-16(21)17-13-4-6-15(20-2)7-5-13/h4-7,14H,3,8-12H2,1-2H3,(H2,17,18,21). The summed E-state index contributed by atoms with van der Waals surface area (Å²) in [5.74, 6) is 0.850. The number of ether oxygens (including phenoxy) is 1. The molecule has 1 aromatic rings. The minimum Gasteiger partial charge on any atom is -0.497 e. The predicted octanol–water partition coefficient (Wildman–Crippen LogP) is 2.86. The molecule has 0 spiro atoms. The van der Waals surface area contributed by atoms with E-state index in [1.807, 2.05) is 24.3 Å². The van der Waals surface area contributed by atoms with Crippen molar-refractivity contribution in [2.75, 3.05) is 32.1 Å². The van der Waals surface area contributed by atoms with E-state index >= 15 is 0 Å². The molecule has 0 amide bonds. The molecule has 0 radical (unpaired) electrons. The molecule has 1 fully saturated rings. The third-order valence-electron chi connectivity index (χ3n) is 3.81. The maximum atomic E-state index is 5.39. The zero-order chi connectivity index (χ0) is 15.1. The van der Waals surface area contributed by atoms with Crippen LogP contribution in [0.2, 0.25) is 0 Å². The van der Waals surface area contributed by atoms with Crippen LogP contribution < -0.4 is 15.4 Å². The molecule has 1 aliphatic heterocycles. The van der Waals surface area contributed by atoms with E-state index < -0.39 is 0 Å². The molecule has 0 unspecified atom stereocenters. The number of hydrogen-bond donors (Lipinski definition) is 2. The molecule has 1 saturated heterocycles. The summed E-state index contributed by atoms with van der Waals surface area (Å²) in [6.07, 6.45) is 3.55. The Hall–Kier alpha value is -1.33. The third kappa shape index (κ3) is 5.17. The van der Waals surface area contributed by atoms with E-state index in [0.29, 0.717) is 11.2 Å². The number of nitrogens with one attached hydrogen (secondary N) is 2. The zero-order valence-corrected chi connectivity index (χ0v) is 13.7. The molecule has 0 aromatic heterocycles. The Morgan fingerprint density at radius 3 is 2.52 bits per heavy atom. The molecule has 1 heterocycles. The second kappa shape index (κ2) is 8.20. The van der Waals surface area contributed by atoms with Crippen LogP contribution in [0.15, 0.2) is 24.3 Å². The van der Waals surface area contributed by atoms with E-state index in [4.69, 9.17) is 17.0 Å². The van der Waals surface area contributed by atoms with E-state index in [-0.39, 0.29) is 0 Å². The van der Waals surface area contributed by atoms with Gasteiger partial charge in [-0.3, -0.25) is 0 Å². The van der Waals surface area contributed by atoms with Gasteiger partial charge in [-0.05, 0) is 62.3 Å². The maximum absolute atomic E-state index is 5.39. The highest BCUT2D eigenvalue weighted by atomic mass is 32.1. The van der Waals surface area contributed by atoms with Gasteiger partial charge in [0.15, 0.2) is 5.11 Å². The van der Waals surface area contributed by atoms with Crippen molar-refractivity contribution in [1.29, 1.82) is 0 Å². The summed E-state index contributed by atoms with van der Waals surface area (Å²) < 4.78 is 5.14. The predicted molar refractivity (Wildman–Crippen MR) is 92.1 cm³/mol. The summed E-state index contributed by atoms with van der Waals surface area (Å²) in [7, 11) is 1.67. The average molecular weight is 307 g/mol. The van der Waals surface area contributed by atoms with Crippen molar-refractivity contribution >= 4 is 23.0 Å². The molecule has 2 rings (SSSR count). The lowest BCUT2D eigenvalue weighted by Crippen LogP contribution is -2.45. The first-order valence-electron chi connectivity index (χ1n) is 7.65. The maximum Gasteiger partial charge on any atom is 0.170 e. The van der Waals surface area contributed by atoms with Gasteiger partial charge in [0.2, 0.25) is 0 Å². The highest BCUT2D eigenvalue weighted by Crippen LogP contribution is 2.15. The SMILES string of the molecule is CCCN1CCC(NC(=S)Nc2ccc(OC)cc2)CC1. The highest BCUT2D eigenvalue weighted by molar-refractivity contribution is 7.80. The van der Waals surface area contributed by atoms with Crippen molar-refractivity contribution < 1.29 is 4.74 Å². The lowest BCUT2D eigenvalue weighted by molar-refractivity contribution is 0.207. The number of thiocarbonyl (C=S) groups is 1. The average Bonchev–Trinajstić information content (AvgIpc) is 2.50. The Morgan fingerprint density at radius 2 is 1.95 bits per heavy atom. The van der Waals surface area contributed by atoms with E-state index in [2.05, 4.69) is 22.5 Å². The molecule has 0 aliphatic carbocycles. The van der Waals surface area contributed by atoms with Crippen LogP contribution in [0, 0.1) is 0 Å². The number of nitrogens with zero attached hydrogens (tertiary/aromatic N) is 1. The minimum absolute atomic E-state index is 0.483. The lowest BCUT2D eigenvalue weighted by Gasteiger charge is -2.32. The monoisotopic (exact) mass is 307 g/mol. The van der Waals surface area contributed by atoms with Crippen LogP contribution in [0.3, 0.4) is 0 Å². The van der Waals surface area contributed by atoms with Crippen LogP contribution in [0.5, 0.6) is 5.75 Å². The first kappa shape index (κ1) is 16.0. The molecule has 0 bridgehead atoms. The van der Waals surface area contributed by atoms with Crippen molar-refractivity contribution in [3.8, 4) is 5.75 Å². The van der Waals surface area contributed by atoms with Gasteiger partial charge in [0.05, 0.1) is 7.11 Å². The number of anilines is 1. The first-order valence-corrected chi connectivity index (χ1v) is 8.06. The van der Waals surface area contributed by atoms with Crippen molar-refractivity contribution in [2.24, 2.45) is 0 Å². The summed E-state index contributed by atoms with van der Waals surface area (Å²) in [5, 5.41) is 7.35. The van der Waals surface area contributed by atoms with Gasteiger partial charge in [-0.15, -0.1) is 0 Å². The van der Waals surface area contributed by atoms with Gasteiger partial charge in [0.1, 0.15) is 5.75 Å². The molecule has 1 aliphatic rings. The first-order chi connectivity index (χ1) is 10.2. The van der Waals surface area contributed by atoms with Gasteiger partial charge in [-0.2, -0.15) is 0 Å². The lowest BCUT2D eigenvalue weighted by atomic mass is 10.1. The number of methoxy groups -OCH3 is 1. The second-order valence-electron chi connectivity index (χ2n) is 5.44. The fraction of sp³-hybridized carbons (Fsp3) is 0.562. The summed E-state index contributed by atoms with van der Waals surface area (Å²) >= 11 is 5.39. The highest BCUT2D eigenvalue weighted by Gasteiger charge is 2.18. The molecule has 1 aromatic carbocycles. The molecule has 2 N–H and O–H groups in total. The molecule has 0 atom stereocenters.